The summed E-state index contributed by atoms with van der Waals surface area (Å²) in [5.74, 6) is 0.851. The van der Waals surface area contributed by atoms with Crippen molar-refractivity contribution in [1.29, 1.82) is 0 Å². The van der Waals surface area contributed by atoms with Crippen LogP contribution in [0.4, 0.5) is 0 Å². The Labute approximate surface area is 113 Å². The van der Waals surface area contributed by atoms with E-state index in [4.69, 9.17) is 4.74 Å². The Morgan fingerprint density at radius 3 is 2.28 bits per heavy atom. The number of likely N-dealkylation sites (N-methyl/N-ethyl adjacent to an activating group) is 1. The fourth-order valence-corrected chi connectivity index (χ4v) is 3.58. The molecule has 0 heterocycles. The van der Waals surface area contributed by atoms with Crippen LogP contribution >= 0.6 is 0 Å². The van der Waals surface area contributed by atoms with Crippen LogP contribution in [0.3, 0.4) is 0 Å². The predicted molar refractivity (Wildman–Crippen MR) is 76.9 cm³/mol. The van der Waals surface area contributed by atoms with Crippen molar-refractivity contribution in [2.45, 2.75) is 83.3 Å². The quantitative estimate of drug-likeness (QED) is 0.750. The second kappa shape index (κ2) is 8.16. The molecular formula is C16H31NO. The molecule has 2 saturated carbocycles. The van der Waals surface area contributed by atoms with Crippen molar-refractivity contribution in [2.75, 3.05) is 13.2 Å². The normalized spacial score (nSPS) is 31.2. The Hall–Kier alpha value is -0.0800. The van der Waals surface area contributed by atoms with Gasteiger partial charge in [-0.1, -0.05) is 45.4 Å². The summed E-state index contributed by atoms with van der Waals surface area (Å²) in [7, 11) is 0. The lowest BCUT2D eigenvalue weighted by molar-refractivity contribution is -0.00378. The lowest BCUT2D eigenvalue weighted by Gasteiger charge is -2.29. The molecule has 18 heavy (non-hydrogen) atoms. The standard InChI is InChI=1S/C16H31NO/c1-2-17-15-11-7-4-8-12-16(15)18-13-14-9-5-3-6-10-14/h14-17H,2-13H2,1H3. The van der Waals surface area contributed by atoms with Crippen molar-refractivity contribution < 1.29 is 4.74 Å². The Morgan fingerprint density at radius 1 is 0.889 bits per heavy atom. The monoisotopic (exact) mass is 253 g/mol. The van der Waals surface area contributed by atoms with Gasteiger partial charge in [0.05, 0.1) is 6.10 Å². The van der Waals surface area contributed by atoms with Crippen molar-refractivity contribution >= 4 is 0 Å². The van der Waals surface area contributed by atoms with Gasteiger partial charge in [0.15, 0.2) is 0 Å². The Bertz CT molecular complexity index is 213. The Balaban J connectivity index is 1.76. The first-order valence-electron chi connectivity index (χ1n) is 8.25. The van der Waals surface area contributed by atoms with Crippen LogP contribution in [0.5, 0.6) is 0 Å². The van der Waals surface area contributed by atoms with Crippen LogP contribution < -0.4 is 5.32 Å². The average Bonchev–Trinajstić information content (AvgIpc) is 2.64. The third kappa shape index (κ3) is 4.55. The molecule has 106 valence electrons. The molecule has 0 radical (unpaired) electrons. The van der Waals surface area contributed by atoms with Gasteiger partial charge in [-0.2, -0.15) is 0 Å². The molecule has 2 aliphatic rings. The molecule has 0 amide bonds. The highest BCUT2D eigenvalue weighted by atomic mass is 16.5. The molecule has 2 heteroatoms. The van der Waals surface area contributed by atoms with Gasteiger partial charge < -0.3 is 10.1 Å². The molecule has 1 N–H and O–H groups in total. The summed E-state index contributed by atoms with van der Waals surface area (Å²) >= 11 is 0. The number of rotatable bonds is 5. The molecule has 2 nitrogen and oxygen atoms in total. The lowest BCUT2D eigenvalue weighted by Crippen LogP contribution is -2.41. The fourth-order valence-electron chi connectivity index (χ4n) is 3.58. The van der Waals surface area contributed by atoms with Crippen LogP contribution in [0.15, 0.2) is 0 Å². The number of ether oxygens (including phenoxy) is 1. The van der Waals surface area contributed by atoms with Gasteiger partial charge in [-0.25, -0.2) is 0 Å². The minimum atomic E-state index is 0.481. The van der Waals surface area contributed by atoms with E-state index in [1.165, 1.54) is 64.2 Å². The molecule has 2 fully saturated rings. The van der Waals surface area contributed by atoms with E-state index in [1.54, 1.807) is 0 Å². The van der Waals surface area contributed by atoms with Crippen LogP contribution in [0, 0.1) is 5.92 Å². The first-order valence-corrected chi connectivity index (χ1v) is 8.25. The first-order chi connectivity index (χ1) is 8.90. The SMILES string of the molecule is CCNC1CCCCCC1OCC1CCCCC1. The zero-order valence-electron chi connectivity index (χ0n) is 12.1. The third-order valence-corrected chi connectivity index (χ3v) is 4.69. The lowest BCUT2D eigenvalue weighted by atomic mass is 9.90. The second-order valence-electron chi connectivity index (χ2n) is 6.18. The van der Waals surface area contributed by atoms with Crippen molar-refractivity contribution in [1.82, 2.24) is 5.32 Å². The van der Waals surface area contributed by atoms with Crippen LogP contribution in [0.1, 0.15) is 71.1 Å². The van der Waals surface area contributed by atoms with Crippen LogP contribution in [0.2, 0.25) is 0 Å². The number of hydrogen-bond acceptors (Lipinski definition) is 2. The average molecular weight is 253 g/mol. The maximum absolute atomic E-state index is 6.31. The van der Waals surface area contributed by atoms with Crippen molar-refractivity contribution in [3.8, 4) is 0 Å². The van der Waals surface area contributed by atoms with E-state index in [0.717, 1.165) is 19.1 Å². The second-order valence-corrected chi connectivity index (χ2v) is 6.18. The van der Waals surface area contributed by atoms with Gasteiger partial charge in [-0.3, -0.25) is 0 Å². The molecule has 0 spiro atoms. The highest BCUT2D eigenvalue weighted by molar-refractivity contribution is 4.80. The summed E-state index contributed by atoms with van der Waals surface area (Å²) in [6, 6.07) is 0.612. The van der Waals surface area contributed by atoms with E-state index < -0.39 is 0 Å². The van der Waals surface area contributed by atoms with Gasteiger partial charge in [0.1, 0.15) is 0 Å². The Morgan fingerprint density at radius 2 is 1.56 bits per heavy atom. The van der Waals surface area contributed by atoms with Gasteiger partial charge >= 0.3 is 0 Å². The molecule has 0 aliphatic heterocycles. The molecule has 2 aliphatic carbocycles. The first kappa shape index (κ1) is 14.3. The zero-order valence-corrected chi connectivity index (χ0v) is 12.1. The van der Waals surface area contributed by atoms with Gasteiger partial charge in [-0.15, -0.1) is 0 Å². The minimum absolute atomic E-state index is 0.481. The molecule has 2 atom stereocenters. The van der Waals surface area contributed by atoms with Gasteiger partial charge in [-0.05, 0) is 38.1 Å². The minimum Gasteiger partial charge on any atom is -0.376 e. The van der Waals surface area contributed by atoms with Gasteiger partial charge in [0.2, 0.25) is 0 Å². The maximum atomic E-state index is 6.31. The van der Waals surface area contributed by atoms with E-state index in [0.29, 0.717) is 12.1 Å². The van der Waals surface area contributed by atoms with Crippen molar-refractivity contribution in [3.63, 3.8) is 0 Å². The predicted octanol–water partition coefficient (Wildman–Crippen LogP) is 3.89. The van der Waals surface area contributed by atoms with E-state index in [-0.39, 0.29) is 0 Å². The van der Waals surface area contributed by atoms with Crippen LogP contribution in [-0.4, -0.2) is 25.3 Å². The number of nitrogens with one attached hydrogen (secondary N) is 1. The molecule has 0 aromatic carbocycles. The summed E-state index contributed by atoms with van der Waals surface area (Å²) in [6.45, 7) is 4.31. The summed E-state index contributed by atoms with van der Waals surface area (Å²) in [5.41, 5.74) is 0. The maximum Gasteiger partial charge on any atom is 0.0728 e. The summed E-state index contributed by atoms with van der Waals surface area (Å²) in [6.07, 6.45) is 14.3. The molecule has 2 rings (SSSR count). The topological polar surface area (TPSA) is 21.3 Å². The van der Waals surface area contributed by atoms with E-state index in [9.17, 15) is 0 Å². The highest BCUT2D eigenvalue weighted by Gasteiger charge is 2.24. The van der Waals surface area contributed by atoms with Crippen molar-refractivity contribution in [3.05, 3.63) is 0 Å². The van der Waals surface area contributed by atoms with Gasteiger partial charge in [0, 0.05) is 12.6 Å². The smallest absolute Gasteiger partial charge is 0.0728 e. The van der Waals surface area contributed by atoms with Crippen LogP contribution in [0.25, 0.3) is 0 Å². The van der Waals surface area contributed by atoms with E-state index in [1.807, 2.05) is 0 Å². The Kier molecular flexibility index (Phi) is 6.50. The molecule has 0 saturated heterocycles. The largest absolute Gasteiger partial charge is 0.376 e. The highest BCUT2D eigenvalue weighted by Crippen LogP contribution is 2.26. The van der Waals surface area contributed by atoms with E-state index in [2.05, 4.69) is 12.2 Å². The van der Waals surface area contributed by atoms with Gasteiger partial charge in [0.25, 0.3) is 0 Å². The molecule has 0 aromatic rings. The third-order valence-electron chi connectivity index (χ3n) is 4.69. The molecular weight excluding hydrogens is 222 g/mol. The summed E-state index contributed by atoms with van der Waals surface area (Å²) in [5, 5.41) is 3.64. The summed E-state index contributed by atoms with van der Waals surface area (Å²) < 4.78 is 6.31. The molecule has 2 unspecified atom stereocenters. The zero-order chi connectivity index (χ0) is 12.6. The molecule has 0 aromatic heterocycles. The number of hydrogen-bond donors (Lipinski definition) is 1. The van der Waals surface area contributed by atoms with Crippen molar-refractivity contribution in [2.24, 2.45) is 5.92 Å². The fraction of sp³-hybridized carbons (Fsp3) is 1.00. The van der Waals surface area contributed by atoms with Crippen LogP contribution in [-0.2, 0) is 4.74 Å². The molecule has 0 bridgehead atoms. The summed E-state index contributed by atoms with van der Waals surface area (Å²) in [4.78, 5) is 0. The van der Waals surface area contributed by atoms with E-state index >= 15 is 0 Å².